The Kier molecular flexibility index (Phi) is 5.85. The fourth-order valence-electron chi connectivity index (χ4n) is 3.66. The summed E-state index contributed by atoms with van der Waals surface area (Å²) in [6.45, 7) is 10.0. The molecule has 2 fully saturated rings. The predicted molar refractivity (Wildman–Crippen MR) is 82.5 cm³/mol. The monoisotopic (exact) mass is 281 g/mol. The van der Waals surface area contributed by atoms with Crippen molar-refractivity contribution in [2.75, 3.05) is 19.6 Å². The molecule has 0 aromatic rings. The van der Waals surface area contributed by atoms with Crippen LogP contribution in [0.2, 0.25) is 0 Å². The molecule has 2 aliphatic heterocycles. The Morgan fingerprint density at radius 3 is 2.45 bits per heavy atom. The van der Waals surface area contributed by atoms with E-state index in [4.69, 9.17) is 0 Å². The van der Waals surface area contributed by atoms with E-state index < -0.39 is 0 Å². The molecule has 3 unspecified atom stereocenters. The first-order valence-corrected chi connectivity index (χ1v) is 8.48. The summed E-state index contributed by atoms with van der Waals surface area (Å²) in [5.41, 5.74) is 0. The van der Waals surface area contributed by atoms with Crippen LogP contribution in [-0.4, -0.2) is 53.6 Å². The van der Waals surface area contributed by atoms with Crippen LogP contribution in [0, 0.1) is 0 Å². The van der Waals surface area contributed by atoms with E-state index in [1.54, 1.807) is 0 Å². The van der Waals surface area contributed by atoms with Crippen LogP contribution < -0.4 is 5.32 Å². The minimum absolute atomic E-state index is 0.0533. The van der Waals surface area contributed by atoms with Gasteiger partial charge in [0, 0.05) is 12.6 Å². The summed E-state index contributed by atoms with van der Waals surface area (Å²) in [7, 11) is 0. The summed E-state index contributed by atoms with van der Waals surface area (Å²) >= 11 is 0. The van der Waals surface area contributed by atoms with Gasteiger partial charge in [-0.25, -0.2) is 0 Å². The third-order valence-electron chi connectivity index (χ3n) is 4.62. The number of likely N-dealkylation sites (tertiary alicyclic amines) is 1. The number of amides is 1. The van der Waals surface area contributed by atoms with Crippen molar-refractivity contribution in [1.29, 1.82) is 0 Å². The van der Waals surface area contributed by atoms with Crippen LogP contribution in [-0.2, 0) is 4.79 Å². The van der Waals surface area contributed by atoms with Gasteiger partial charge in [0.15, 0.2) is 0 Å². The molecule has 0 radical (unpaired) electrons. The van der Waals surface area contributed by atoms with Crippen LogP contribution in [0.1, 0.15) is 59.3 Å². The molecule has 0 aliphatic carbocycles. The third kappa shape index (κ3) is 3.53. The molecule has 1 N–H and O–H groups in total. The van der Waals surface area contributed by atoms with Crippen molar-refractivity contribution < 1.29 is 4.79 Å². The van der Waals surface area contributed by atoms with E-state index in [0.29, 0.717) is 11.9 Å². The molecule has 2 aliphatic rings. The maximum absolute atomic E-state index is 12.6. The number of carbonyl (C=O) groups excluding carboxylic acids is 1. The van der Waals surface area contributed by atoms with Gasteiger partial charge in [-0.15, -0.1) is 0 Å². The average Bonchev–Trinajstić information content (AvgIpc) is 3.00. The van der Waals surface area contributed by atoms with E-state index in [1.165, 1.54) is 25.9 Å². The quantitative estimate of drug-likeness (QED) is 0.777. The van der Waals surface area contributed by atoms with Crippen molar-refractivity contribution in [2.45, 2.75) is 77.5 Å². The van der Waals surface area contributed by atoms with Crippen molar-refractivity contribution in [3.8, 4) is 0 Å². The number of nitrogens with zero attached hydrogens (tertiary/aromatic N) is 2. The van der Waals surface area contributed by atoms with E-state index in [-0.39, 0.29) is 12.2 Å². The lowest BCUT2D eigenvalue weighted by Gasteiger charge is -2.33. The Morgan fingerprint density at radius 2 is 1.85 bits per heavy atom. The molecule has 2 rings (SSSR count). The first-order valence-electron chi connectivity index (χ1n) is 8.48. The lowest BCUT2D eigenvalue weighted by molar-refractivity contribution is -0.132. The normalized spacial score (nSPS) is 29.4. The SMILES string of the molecule is CCCC1NC(CCC)N(C(C)CN2CCCC2)C1=O. The number of hydrogen-bond acceptors (Lipinski definition) is 3. The van der Waals surface area contributed by atoms with Gasteiger partial charge in [0.1, 0.15) is 0 Å². The lowest BCUT2D eigenvalue weighted by atomic mass is 10.1. The molecule has 0 spiro atoms. The molecule has 0 saturated carbocycles. The van der Waals surface area contributed by atoms with Crippen LogP contribution in [0.15, 0.2) is 0 Å². The molecule has 4 heteroatoms. The second-order valence-electron chi connectivity index (χ2n) is 6.41. The maximum Gasteiger partial charge on any atom is 0.241 e. The van der Waals surface area contributed by atoms with Gasteiger partial charge in [-0.1, -0.05) is 26.7 Å². The first-order chi connectivity index (χ1) is 9.67. The molecule has 116 valence electrons. The summed E-state index contributed by atoms with van der Waals surface area (Å²) < 4.78 is 0. The number of hydrogen-bond donors (Lipinski definition) is 1. The van der Waals surface area contributed by atoms with Crippen LogP contribution in [0.3, 0.4) is 0 Å². The summed E-state index contributed by atoms with van der Waals surface area (Å²) in [6.07, 6.45) is 7.10. The molecular weight excluding hydrogens is 250 g/mol. The highest BCUT2D eigenvalue weighted by molar-refractivity contribution is 5.84. The molecule has 0 aromatic heterocycles. The Bertz CT molecular complexity index is 315. The fourth-order valence-corrected chi connectivity index (χ4v) is 3.66. The first kappa shape index (κ1) is 15.8. The van der Waals surface area contributed by atoms with Crippen LogP contribution in [0.25, 0.3) is 0 Å². The number of carbonyl (C=O) groups is 1. The van der Waals surface area contributed by atoms with Crippen molar-refractivity contribution in [3.05, 3.63) is 0 Å². The molecule has 3 atom stereocenters. The Balaban J connectivity index is 1.98. The predicted octanol–water partition coefficient (Wildman–Crippen LogP) is 2.20. The Morgan fingerprint density at radius 1 is 1.20 bits per heavy atom. The van der Waals surface area contributed by atoms with Gasteiger partial charge in [0.05, 0.1) is 12.2 Å². The van der Waals surface area contributed by atoms with Crippen molar-refractivity contribution in [3.63, 3.8) is 0 Å². The van der Waals surface area contributed by atoms with Crippen molar-refractivity contribution in [2.24, 2.45) is 0 Å². The molecule has 0 aromatic carbocycles. The van der Waals surface area contributed by atoms with Gasteiger partial charge >= 0.3 is 0 Å². The highest BCUT2D eigenvalue weighted by atomic mass is 16.2. The average molecular weight is 281 g/mol. The van der Waals surface area contributed by atoms with E-state index in [0.717, 1.165) is 32.2 Å². The maximum atomic E-state index is 12.6. The minimum atomic E-state index is 0.0533. The van der Waals surface area contributed by atoms with Gasteiger partial charge in [0.2, 0.25) is 5.91 Å². The van der Waals surface area contributed by atoms with Crippen LogP contribution in [0.5, 0.6) is 0 Å². The van der Waals surface area contributed by atoms with E-state index in [9.17, 15) is 4.79 Å². The van der Waals surface area contributed by atoms with Crippen LogP contribution in [0.4, 0.5) is 0 Å². The molecule has 2 saturated heterocycles. The number of nitrogens with one attached hydrogen (secondary N) is 1. The van der Waals surface area contributed by atoms with Gasteiger partial charge in [0.25, 0.3) is 0 Å². The van der Waals surface area contributed by atoms with Gasteiger partial charge < -0.3 is 9.80 Å². The zero-order chi connectivity index (χ0) is 14.5. The highest BCUT2D eigenvalue weighted by Gasteiger charge is 2.40. The molecule has 1 amide bonds. The summed E-state index contributed by atoms with van der Waals surface area (Å²) in [6, 6.07) is 0.379. The standard InChI is InChI=1S/C16H31N3O/c1-4-8-14-16(20)19(15(17-14)9-5-2)13(3)12-18-10-6-7-11-18/h13-15,17H,4-12H2,1-3H3. The van der Waals surface area contributed by atoms with Gasteiger partial charge in [-0.05, 0) is 45.7 Å². The zero-order valence-corrected chi connectivity index (χ0v) is 13.4. The van der Waals surface area contributed by atoms with Crippen molar-refractivity contribution >= 4 is 5.91 Å². The van der Waals surface area contributed by atoms with Gasteiger partial charge in [-0.3, -0.25) is 10.1 Å². The molecule has 0 bridgehead atoms. The second-order valence-corrected chi connectivity index (χ2v) is 6.41. The van der Waals surface area contributed by atoms with Gasteiger partial charge in [-0.2, -0.15) is 0 Å². The summed E-state index contributed by atoms with van der Waals surface area (Å²) in [5.74, 6) is 0.331. The Hall–Kier alpha value is -0.610. The van der Waals surface area contributed by atoms with E-state index in [1.807, 2.05) is 0 Å². The second kappa shape index (κ2) is 7.41. The molecule has 2 heterocycles. The summed E-state index contributed by atoms with van der Waals surface area (Å²) in [4.78, 5) is 17.3. The smallest absolute Gasteiger partial charge is 0.241 e. The molecule has 20 heavy (non-hydrogen) atoms. The summed E-state index contributed by atoms with van der Waals surface area (Å²) in [5, 5.41) is 3.56. The van der Waals surface area contributed by atoms with E-state index in [2.05, 4.69) is 35.9 Å². The highest BCUT2D eigenvalue weighted by Crippen LogP contribution is 2.22. The zero-order valence-electron chi connectivity index (χ0n) is 13.4. The van der Waals surface area contributed by atoms with Crippen LogP contribution >= 0.6 is 0 Å². The largest absolute Gasteiger partial charge is 0.322 e. The topological polar surface area (TPSA) is 35.6 Å². The minimum Gasteiger partial charge on any atom is -0.322 e. The molecular formula is C16H31N3O. The van der Waals surface area contributed by atoms with E-state index >= 15 is 0 Å². The lowest BCUT2D eigenvalue weighted by Crippen LogP contribution is -2.48. The molecule has 4 nitrogen and oxygen atoms in total. The third-order valence-corrected chi connectivity index (χ3v) is 4.62. The Labute approximate surface area is 123 Å². The number of rotatable bonds is 7. The fraction of sp³-hybridized carbons (Fsp3) is 0.938. The van der Waals surface area contributed by atoms with Crippen molar-refractivity contribution in [1.82, 2.24) is 15.1 Å².